The summed E-state index contributed by atoms with van der Waals surface area (Å²) in [5.41, 5.74) is 1.22. The number of methoxy groups -OCH3 is 1. The molecule has 8 nitrogen and oxygen atoms in total. The molecule has 1 aromatic carbocycles. The van der Waals surface area contributed by atoms with Crippen LogP contribution in [0.5, 0.6) is 5.75 Å². The lowest BCUT2D eigenvalue weighted by Crippen LogP contribution is -2.52. The largest absolute Gasteiger partial charge is 0.497 e. The number of hydrogen-bond donors (Lipinski definition) is 1. The molecule has 0 spiro atoms. The van der Waals surface area contributed by atoms with E-state index in [1.54, 1.807) is 18.4 Å². The maximum absolute atomic E-state index is 5.27. The Labute approximate surface area is 210 Å². The number of guanidine groups is 1. The van der Waals surface area contributed by atoms with E-state index in [2.05, 4.69) is 55.0 Å². The van der Waals surface area contributed by atoms with Gasteiger partial charge in [-0.3, -0.25) is 0 Å². The molecule has 0 aliphatic carbocycles. The number of aryl methyl sites for hydroxylation is 1. The normalized spacial score (nSPS) is 14.3. The van der Waals surface area contributed by atoms with Crippen LogP contribution in [-0.2, 0) is 20.1 Å². The van der Waals surface area contributed by atoms with Crippen LogP contribution in [0.2, 0.25) is 0 Å². The number of rotatable bonds is 6. The number of aromatic nitrogens is 3. The van der Waals surface area contributed by atoms with Gasteiger partial charge in [-0.25, -0.2) is 4.99 Å². The molecule has 172 valence electrons. The molecular formula is C22H30IN7OS. The predicted molar refractivity (Wildman–Crippen MR) is 140 cm³/mol. The second kappa shape index (κ2) is 11.5. The zero-order chi connectivity index (χ0) is 21.6. The van der Waals surface area contributed by atoms with Gasteiger partial charge in [0, 0.05) is 43.8 Å². The summed E-state index contributed by atoms with van der Waals surface area (Å²) >= 11 is 1.75. The van der Waals surface area contributed by atoms with Crippen molar-refractivity contribution in [2.24, 2.45) is 12.0 Å². The molecule has 0 unspecified atom stereocenters. The Morgan fingerprint density at radius 3 is 2.47 bits per heavy atom. The summed E-state index contributed by atoms with van der Waals surface area (Å²) in [5, 5.41) is 14.0. The summed E-state index contributed by atoms with van der Waals surface area (Å²) in [4.78, 5) is 10.9. The van der Waals surface area contributed by atoms with Crippen LogP contribution in [0.25, 0.3) is 0 Å². The lowest BCUT2D eigenvalue weighted by atomic mass is 10.2. The highest BCUT2D eigenvalue weighted by Crippen LogP contribution is 2.20. The van der Waals surface area contributed by atoms with Gasteiger partial charge in [0.25, 0.3) is 0 Å². The zero-order valence-electron chi connectivity index (χ0n) is 18.7. The summed E-state index contributed by atoms with van der Waals surface area (Å²) in [6.45, 7) is 6.91. The van der Waals surface area contributed by atoms with Crippen LogP contribution in [0.15, 0.2) is 46.8 Å². The van der Waals surface area contributed by atoms with Gasteiger partial charge in [0.15, 0.2) is 11.8 Å². The van der Waals surface area contributed by atoms with Gasteiger partial charge in [-0.2, -0.15) is 0 Å². The number of nitrogens with one attached hydrogen (secondary N) is 1. The van der Waals surface area contributed by atoms with Crippen LogP contribution in [0, 0.1) is 6.92 Å². The lowest BCUT2D eigenvalue weighted by Gasteiger charge is -2.37. The van der Waals surface area contributed by atoms with Crippen molar-refractivity contribution in [2.45, 2.75) is 20.0 Å². The highest BCUT2D eigenvalue weighted by atomic mass is 127. The summed E-state index contributed by atoms with van der Waals surface area (Å²) in [6, 6.07) is 12.5. The minimum atomic E-state index is 0. The minimum Gasteiger partial charge on any atom is -0.497 e. The topological polar surface area (TPSA) is 70.8 Å². The standard InChI is InChI=1S/C22H29N7OS.HI/c1-17-25-26-21(27(17)2)16-24-22(23-15-20-5-4-14-31-20)29-12-10-28(11-13-29)18-6-8-19(30-3)9-7-18;/h4-9,14H,10-13,15-16H2,1-3H3,(H,23,24);1H. The van der Waals surface area contributed by atoms with Crippen LogP contribution >= 0.6 is 35.3 Å². The number of ether oxygens (including phenoxy) is 1. The van der Waals surface area contributed by atoms with Gasteiger partial charge in [-0.1, -0.05) is 6.07 Å². The monoisotopic (exact) mass is 567 g/mol. The maximum Gasteiger partial charge on any atom is 0.194 e. The first-order valence-corrected chi connectivity index (χ1v) is 11.3. The molecule has 10 heteroatoms. The molecule has 1 aliphatic heterocycles. The van der Waals surface area contributed by atoms with Crippen molar-refractivity contribution in [3.05, 3.63) is 58.3 Å². The average Bonchev–Trinajstić information content (AvgIpc) is 3.45. The number of piperazine rings is 1. The molecule has 1 N–H and O–H groups in total. The summed E-state index contributed by atoms with van der Waals surface area (Å²) in [7, 11) is 3.67. The van der Waals surface area contributed by atoms with Crippen molar-refractivity contribution in [2.75, 3.05) is 38.2 Å². The fourth-order valence-corrected chi connectivity index (χ4v) is 4.20. The van der Waals surface area contributed by atoms with E-state index in [1.165, 1.54) is 10.6 Å². The fraction of sp³-hybridized carbons (Fsp3) is 0.409. The fourth-order valence-electron chi connectivity index (χ4n) is 3.55. The Kier molecular flexibility index (Phi) is 8.74. The SMILES string of the molecule is COc1ccc(N2CCN(C(=NCc3nnc(C)n3C)NCc3cccs3)CC2)cc1.I. The molecule has 0 radical (unpaired) electrons. The summed E-state index contributed by atoms with van der Waals surface area (Å²) in [6.07, 6.45) is 0. The number of hydrogen-bond acceptors (Lipinski definition) is 6. The molecule has 4 rings (SSSR count). The number of thiophene rings is 1. The number of aliphatic imine (C=N–C) groups is 1. The first-order chi connectivity index (χ1) is 15.1. The molecule has 0 atom stereocenters. The van der Waals surface area contributed by atoms with E-state index in [4.69, 9.17) is 9.73 Å². The second-order valence-corrected chi connectivity index (χ2v) is 8.50. The van der Waals surface area contributed by atoms with Gasteiger partial charge in [-0.15, -0.1) is 45.5 Å². The Hall–Kier alpha value is -2.34. The molecule has 0 amide bonds. The molecule has 32 heavy (non-hydrogen) atoms. The third kappa shape index (κ3) is 5.91. The molecule has 1 fully saturated rings. The molecular weight excluding hydrogens is 537 g/mol. The zero-order valence-corrected chi connectivity index (χ0v) is 21.8. The first kappa shape index (κ1) is 24.3. The highest BCUT2D eigenvalue weighted by molar-refractivity contribution is 14.0. The third-order valence-corrected chi connectivity index (χ3v) is 6.45. The van der Waals surface area contributed by atoms with Crippen molar-refractivity contribution >= 4 is 47.0 Å². The summed E-state index contributed by atoms with van der Waals surface area (Å²) < 4.78 is 7.26. The molecule has 0 bridgehead atoms. The number of nitrogens with zero attached hydrogens (tertiary/aromatic N) is 6. The molecule has 3 aromatic rings. The number of anilines is 1. The van der Waals surface area contributed by atoms with Crippen LogP contribution in [0.3, 0.4) is 0 Å². The van der Waals surface area contributed by atoms with Crippen molar-refractivity contribution in [1.29, 1.82) is 0 Å². The molecule has 1 saturated heterocycles. The van der Waals surface area contributed by atoms with Gasteiger partial charge in [-0.05, 0) is 42.6 Å². The quantitative estimate of drug-likeness (QED) is 0.280. The molecule has 3 heterocycles. The second-order valence-electron chi connectivity index (χ2n) is 7.47. The minimum absolute atomic E-state index is 0. The van der Waals surface area contributed by atoms with E-state index in [0.717, 1.165) is 56.1 Å². The van der Waals surface area contributed by atoms with Crippen LogP contribution in [0.4, 0.5) is 5.69 Å². The average molecular weight is 568 g/mol. The Morgan fingerprint density at radius 2 is 1.88 bits per heavy atom. The van der Waals surface area contributed by atoms with Crippen molar-refractivity contribution in [3.8, 4) is 5.75 Å². The van der Waals surface area contributed by atoms with Crippen LogP contribution < -0.4 is 15.0 Å². The Morgan fingerprint density at radius 1 is 1.12 bits per heavy atom. The van der Waals surface area contributed by atoms with Gasteiger partial charge in [0.1, 0.15) is 18.1 Å². The van der Waals surface area contributed by atoms with E-state index in [-0.39, 0.29) is 24.0 Å². The van der Waals surface area contributed by atoms with Gasteiger partial charge >= 0.3 is 0 Å². The Bertz CT molecular complexity index is 996. The maximum atomic E-state index is 5.27. The first-order valence-electron chi connectivity index (χ1n) is 10.4. The van der Waals surface area contributed by atoms with Gasteiger partial charge in [0.05, 0.1) is 13.7 Å². The smallest absolute Gasteiger partial charge is 0.194 e. The van der Waals surface area contributed by atoms with E-state index in [9.17, 15) is 0 Å². The van der Waals surface area contributed by atoms with Crippen molar-refractivity contribution < 1.29 is 4.74 Å². The third-order valence-electron chi connectivity index (χ3n) is 5.57. The van der Waals surface area contributed by atoms with Gasteiger partial charge in [0.2, 0.25) is 0 Å². The molecule has 2 aromatic heterocycles. The van der Waals surface area contributed by atoms with E-state index in [1.807, 2.05) is 30.7 Å². The lowest BCUT2D eigenvalue weighted by molar-refractivity contribution is 0.371. The van der Waals surface area contributed by atoms with E-state index in [0.29, 0.717) is 6.54 Å². The number of benzene rings is 1. The van der Waals surface area contributed by atoms with Crippen LogP contribution in [0.1, 0.15) is 16.5 Å². The highest BCUT2D eigenvalue weighted by Gasteiger charge is 2.20. The molecule has 1 aliphatic rings. The van der Waals surface area contributed by atoms with Gasteiger partial charge < -0.3 is 24.4 Å². The van der Waals surface area contributed by atoms with E-state index >= 15 is 0 Å². The molecule has 0 saturated carbocycles. The van der Waals surface area contributed by atoms with E-state index < -0.39 is 0 Å². The summed E-state index contributed by atoms with van der Waals surface area (Å²) in [5.74, 6) is 3.56. The Balaban J connectivity index is 0.00000289. The van der Waals surface area contributed by atoms with Crippen molar-refractivity contribution in [1.82, 2.24) is 25.0 Å². The van der Waals surface area contributed by atoms with Crippen LogP contribution in [-0.4, -0.2) is 58.9 Å². The van der Waals surface area contributed by atoms with Crippen molar-refractivity contribution in [3.63, 3.8) is 0 Å². The predicted octanol–water partition coefficient (Wildman–Crippen LogP) is 3.28. The number of halogens is 1.